The Bertz CT molecular complexity index is 1280. The zero-order valence-corrected chi connectivity index (χ0v) is 22.8. The highest BCUT2D eigenvalue weighted by Crippen LogP contribution is 2.36. The summed E-state index contributed by atoms with van der Waals surface area (Å²) in [7, 11) is 1.17. The molecule has 1 fully saturated rings. The molecule has 0 spiro atoms. The van der Waals surface area contributed by atoms with Crippen molar-refractivity contribution in [3.8, 4) is 16.9 Å². The van der Waals surface area contributed by atoms with Crippen molar-refractivity contribution in [1.29, 1.82) is 5.41 Å². The molecule has 3 aromatic rings. The minimum absolute atomic E-state index is 0. The van der Waals surface area contributed by atoms with Crippen LogP contribution in [0.5, 0.6) is 5.75 Å². The van der Waals surface area contributed by atoms with Gasteiger partial charge in [-0.3, -0.25) is 10.2 Å². The van der Waals surface area contributed by atoms with Crippen LogP contribution in [-0.4, -0.2) is 59.6 Å². The van der Waals surface area contributed by atoms with Crippen molar-refractivity contribution in [2.24, 2.45) is 11.7 Å². The molecule has 1 unspecified atom stereocenters. The Kier molecular flexibility index (Phi) is 9.72. The number of benzene rings is 3. The Balaban J connectivity index is 0.00000420. The first-order valence-corrected chi connectivity index (χ1v) is 12.6. The second kappa shape index (κ2) is 12.8. The third-order valence-electron chi connectivity index (χ3n) is 7.23. The molecule has 1 aliphatic heterocycles. The molecule has 0 aromatic heterocycles. The Morgan fingerprint density at radius 2 is 1.62 bits per heavy atom. The Morgan fingerprint density at radius 1 is 1.03 bits per heavy atom. The average Bonchev–Trinajstić information content (AvgIpc) is 3.13. The van der Waals surface area contributed by atoms with Gasteiger partial charge in [0.1, 0.15) is 18.2 Å². The monoisotopic (exact) mass is 551 g/mol. The van der Waals surface area contributed by atoms with Gasteiger partial charge in [-0.1, -0.05) is 73.7 Å². The second-order valence-corrected chi connectivity index (χ2v) is 9.53. The number of nitrogen functional groups attached to an aromatic ring is 1. The number of hydrogen-bond acceptors (Lipinski definition) is 6. The Hall–Kier alpha value is -3.88. The number of amidine groups is 1. The van der Waals surface area contributed by atoms with Crippen LogP contribution in [0.25, 0.3) is 11.1 Å². The van der Waals surface area contributed by atoms with E-state index in [4.69, 9.17) is 20.6 Å². The van der Waals surface area contributed by atoms with Gasteiger partial charge < -0.3 is 25.2 Å². The fourth-order valence-electron chi connectivity index (χ4n) is 4.91. The highest BCUT2D eigenvalue weighted by molar-refractivity contribution is 6.08. The standard InChI is InChI=1S/C30H33N3O5.ClH/c1-20-26(19-38-25-16-14-23(15-17-25)22-10-12-24(13-11-22)27(31)32)33(28(34)30(20,36)29(35)37-2)18-6-9-21-7-4-3-5-8-21;/h3-5,7-8,10-17,20,26,36H,6,9,18-19H2,1-2H3,(H3,31,32);1H/t20?,26-,30+;/m1./s1. The van der Waals surface area contributed by atoms with Gasteiger partial charge in [0, 0.05) is 18.0 Å². The lowest BCUT2D eigenvalue weighted by Gasteiger charge is -2.27. The number of carbonyl (C=O) groups excluding carboxylic acids is 2. The van der Waals surface area contributed by atoms with Gasteiger partial charge in [0.05, 0.1) is 13.2 Å². The predicted molar refractivity (Wildman–Crippen MR) is 152 cm³/mol. The molecule has 0 saturated carbocycles. The third kappa shape index (κ3) is 6.24. The number of nitrogens with zero attached hydrogens (tertiary/aromatic N) is 1. The number of aryl methyl sites for hydroxylation is 1. The van der Waals surface area contributed by atoms with E-state index in [0.717, 1.165) is 23.1 Å². The molecule has 4 N–H and O–H groups in total. The molecule has 206 valence electrons. The lowest BCUT2D eigenvalue weighted by molar-refractivity contribution is -0.171. The van der Waals surface area contributed by atoms with Crippen molar-refractivity contribution in [2.75, 3.05) is 20.3 Å². The molecular formula is C30H34ClN3O5. The summed E-state index contributed by atoms with van der Waals surface area (Å²) >= 11 is 0. The van der Waals surface area contributed by atoms with Crippen molar-refractivity contribution in [2.45, 2.75) is 31.4 Å². The number of esters is 1. The number of rotatable bonds is 10. The van der Waals surface area contributed by atoms with Crippen LogP contribution < -0.4 is 10.5 Å². The molecular weight excluding hydrogens is 518 g/mol. The Labute approximate surface area is 234 Å². The highest BCUT2D eigenvalue weighted by Gasteiger charge is 2.62. The number of carbonyl (C=O) groups is 2. The molecule has 1 amide bonds. The number of nitrogens with two attached hydrogens (primary N) is 1. The maximum absolute atomic E-state index is 13.3. The lowest BCUT2D eigenvalue weighted by Crippen LogP contribution is -2.50. The number of hydrogen-bond donors (Lipinski definition) is 3. The SMILES string of the molecule is COC(=O)[C@@]1(O)C(=O)N(CCCc2ccccc2)[C@H](COc2ccc(-c3ccc(C(=N)N)cc3)cc2)C1C.Cl. The first kappa shape index (κ1) is 29.7. The van der Waals surface area contributed by atoms with Gasteiger partial charge in [0.25, 0.3) is 5.91 Å². The zero-order chi connectivity index (χ0) is 27.3. The second-order valence-electron chi connectivity index (χ2n) is 9.53. The van der Waals surface area contributed by atoms with Crippen molar-refractivity contribution in [3.63, 3.8) is 0 Å². The molecule has 3 atom stereocenters. The smallest absolute Gasteiger partial charge is 0.348 e. The summed E-state index contributed by atoms with van der Waals surface area (Å²) in [5.74, 6) is -1.70. The average molecular weight is 552 g/mol. The van der Waals surface area contributed by atoms with E-state index in [0.29, 0.717) is 24.3 Å². The Morgan fingerprint density at radius 3 is 2.18 bits per heavy atom. The van der Waals surface area contributed by atoms with E-state index in [1.54, 1.807) is 24.0 Å². The number of amides is 1. The van der Waals surface area contributed by atoms with Crippen LogP contribution in [0.15, 0.2) is 78.9 Å². The van der Waals surface area contributed by atoms with Crippen LogP contribution in [-0.2, 0) is 20.7 Å². The van der Waals surface area contributed by atoms with E-state index >= 15 is 0 Å². The van der Waals surface area contributed by atoms with Crippen LogP contribution in [0, 0.1) is 11.3 Å². The van der Waals surface area contributed by atoms with Crippen LogP contribution in [0.3, 0.4) is 0 Å². The topological polar surface area (TPSA) is 126 Å². The van der Waals surface area contributed by atoms with Crippen molar-refractivity contribution < 1.29 is 24.2 Å². The van der Waals surface area contributed by atoms with Gasteiger partial charge >= 0.3 is 5.97 Å². The van der Waals surface area contributed by atoms with Gasteiger partial charge in [-0.25, -0.2) is 4.79 Å². The first-order chi connectivity index (χ1) is 18.3. The quantitative estimate of drug-likeness (QED) is 0.152. The maximum Gasteiger partial charge on any atom is 0.348 e. The molecule has 0 radical (unpaired) electrons. The largest absolute Gasteiger partial charge is 0.491 e. The normalized spacial score (nSPS) is 20.3. The molecule has 1 saturated heterocycles. The van der Waals surface area contributed by atoms with Gasteiger partial charge in [-0.2, -0.15) is 0 Å². The fourth-order valence-corrected chi connectivity index (χ4v) is 4.91. The van der Waals surface area contributed by atoms with E-state index in [1.807, 2.05) is 66.7 Å². The molecule has 9 heteroatoms. The third-order valence-corrected chi connectivity index (χ3v) is 7.23. The molecule has 3 aromatic carbocycles. The molecule has 0 aliphatic carbocycles. The number of nitrogens with one attached hydrogen (secondary N) is 1. The van der Waals surface area contributed by atoms with E-state index in [9.17, 15) is 14.7 Å². The highest BCUT2D eigenvalue weighted by atomic mass is 35.5. The van der Waals surface area contributed by atoms with Gasteiger partial charge in [-0.05, 0) is 41.7 Å². The van der Waals surface area contributed by atoms with E-state index in [-0.39, 0.29) is 24.8 Å². The first-order valence-electron chi connectivity index (χ1n) is 12.6. The summed E-state index contributed by atoms with van der Waals surface area (Å²) in [6.45, 7) is 2.17. The van der Waals surface area contributed by atoms with E-state index in [2.05, 4.69) is 0 Å². The minimum atomic E-state index is -2.24. The predicted octanol–water partition coefficient (Wildman–Crippen LogP) is 3.82. The van der Waals surface area contributed by atoms with Crippen LogP contribution in [0.4, 0.5) is 0 Å². The summed E-state index contributed by atoms with van der Waals surface area (Å²) in [5, 5.41) is 18.7. The molecule has 1 heterocycles. The maximum atomic E-state index is 13.3. The number of ether oxygens (including phenoxy) is 2. The van der Waals surface area contributed by atoms with Crippen LogP contribution in [0.1, 0.15) is 24.5 Å². The fraction of sp³-hybridized carbons (Fsp3) is 0.300. The summed E-state index contributed by atoms with van der Waals surface area (Å²) < 4.78 is 10.8. The van der Waals surface area contributed by atoms with E-state index in [1.165, 1.54) is 7.11 Å². The van der Waals surface area contributed by atoms with Gasteiger partial charge in [0.15, 0.2) is 0 Å². The number of halogens is 1. The number of methoxy groups -OCH3 is 1. The molecule has 4 rings (SSSR count). The van der Waals surface area contributed by atoms with Crippen LogP contribution >= 0.6 is 12.4 Å². The van der Waals surface area contributed by atoms with Crippen LogP contribution in [0.2, 0.25) is 0 Å². The molecule has 0 bridgehead atoms. The summed E-state index contributed by atoms with van der Waals surface area (Å²) in [5.41, 5.74) is 7.05. The van der Waals surface area contributed by atoms with Gasteiger partial charge in [0.2, 0.25) is 5.60 Å². The molecule has 39 heavy (non-hydrogen) atoms. The summed E-state index contributed by atoms with van der Waals surface area (Å²) in [4.78, 5) is 27.3. The summed E-state index contributed by atoms with van der Waals surface area (Å²) in [6.07, 6.45) is 1.44. The lowest BCUT2D eigenvalue weighted by atomic mass is 9.88. The van der Waals surface area contributed by atoms with Crippen molar-refractivity contribution >= 4 is 30.1 Å². The molecule has 1 aliphatic rings. The number of aliphatic hydroxyl groups is 1. The number of likely N-dealkylation sites (tertiary alicyclic amines) is 1. The zero-order valence-electron chi connectivity index (χ0n) is 22.0. The van der Waals surface area contributed by atoms with E-state index < -0.39 is 29.4 Å². The molecule has 8 nitrogen and oxygen atoms in total. The minimum Gasteiger partial charge on any atom is -0.491 e. The van der Waals surface area contributed by atoms with Gasteiger partial charge in [-0.15, -0.1) is 12.4 Å². The van der Waals surface area contributed by atoms with Crippen molar-refractivity contribution in [1.82, 2.24) is 4.90 Å². The summed E-state index contributed by atoms with van der Waals surface area (Å²) in [6, 6.07) is 24.4. The van der Waals surface area contributed by atoms with Crippen molar-refractivity contribution in [3.05, 3.63) is 90.0 Å².